The number of amides is 1. The summed E-state index contributed by atoms with van der Waals surface area (Å²) in [6.07, 6.45) is -0.376. The summed E-state index contributed by atoms with van der Waals surface area (Å²) in [6.45, 7) is 3.97. The van der Waals surface area contributed by atoms with E-state index >= 15 is 0 Å². The fraction of sp³-hybridized carbons (Fsp3) is 0.417. The quantitative estimate of drug-likeness (QED) is 0.791. The fourth-order valence-corrected chi connectivity index (χ4v) is 1.35. The van der Waals surface area contributed by atoms with Gasteiger partial charge in [-0.25, -0.2) is 9.18 Å². The number of halogens is 1. The topological polar surface area (TPSA) is 29.5 Å². The molecule has 0 aliphatic heterocycles. The Morgan fingerprint density at radius 3 is 2.50 bits per heavy atom. The van der Waals surface area contributed by atoms with Gasteiger partial charge in [0.05, 0.1) is 12.6 Å². The van der Waals surface area contributed by atoms with Gasteiger partial charge in [0.1, 0.15) is 5.82 Å². The molecule has 0 saturated carbocycles. The first-order valence-electron chi connectivity index (χ1n) is 5.21. The number of ether oxygens (including phenoxy) is 1. The van der Waals surface area contributed by atoms with Crippen molar-refractivity contribution in [3.63, 3.8) is 0 Å². The maximum absolute atomic E-state index is 12.7. The third kappa shape index (κ3) is 2.95. The molecule has 1 unspecified atom stereocenters. The maximum Gasteiger partial charge on any atom is 0.409 e. The van der Waals surface area contributed by atoms with Crippen LogP contribution in [0.25, 0.3) is 0 Å². The molecule has 0 heterocycles. The lowest BCUT2D eigenvalue weighted by Gasteiger charge is -2.24. The molecule has 0 saturated heterocycles. The lowest BCUT2D eigenvalue weighted by Crippen LogP contribution is -2.30. The molecule has 0 aliphatic rings. The monoisotopic (exact) mass is 225 g/mol. The lowest BCUT2D eigenvalue weighted by molar-refractivity contribution is 0.104. The number of carbonyl (C=O) groups is 1. The van der Waals surface area contributed by atoms with Gasteiger partial charge in [0, 0.05) is 7.05 Å². The van der Waals surface area contributed by atoms with E-state index in [0.717, 1.165) is 5.56 Å². The minimum atomic E-state index is -0.376. The van der Waals surface area contributed by atoms with Gasteiger partial charge >= 0.3 is 6.09 Å². The maximum atomic E-state index is 12.7. The summed E-state index contributed by atoms with van der Waals surface area (Å²) >= 11 is 0. The summed E-state index contributed by atoms with van der Waals surface area (Å²) in [6, 6.07) is 5.95. The van der Waals surface area contributed by atoms with Crippen LogP contribution in [0.3, 0.4) is 0 Å². The SMILES string of the molecule is CCOC(=O)N(C)C(C)c1ccc(F)cc1. The Kier molecular flexibility index (Phi) is 4.28. The molecule has 0 radical (unpaired) electrons. The molecule has 1 aromatic carbocycles. The molecule has 0 fully saturated rings. The van der Waals surface area contributed by atoms with Crippen LogP contribution in [-0.2, 0) is 4.74 Å². The molecule has 88 valence electrons. The van der Waals surface area contributed by atoms with E-state index in [4.69, 9.17) is 4.74 Å². The summed E-state index contributed by atoms with van der Waals surface area (Å²) in [7, 11) is 1.66. The van der Waals surface area contributed by atoms with Crippen molar-refractivity contribution in [2.45, 2.75) is 19.9 Å². The van der Waals surface area contributed by atoms with E-state index in [9.17, 15) is 9.18 Å². The molecule has 1 aromatic rings. The minimum absolute atomic E-state index is 0.139. The second-order valence-corrected chi connectivity index (χ2v) is 3.54. The Bertz CT molecular complexity index is 351. The van der Waals surface area contributed by atoms with Crippen LogP contribution in [0.5, 0.6) is 0 Å². The third-order valence-corrected chi connectivity index (χ3v) is 2.49. The Labute approximate surface area is 94.8 Å². The van der Waals surface area contributed by atoms with Crippen molar-refractivity contribution in [1.29, 1.82) is 0 Å². The van der Waals surface area contributed by atoms with Crippen LogP contribution in [0.4, 0.5) is 9.18 Å². The van der Waals surface area contributed by atoms with E-state index in [1.54, 1.807) is 26.1 Å². The van der Waals surface area contributed by atoms with Crippen LogP contribution >= 0.6 is 0 Å². The predicted octanol–water partition coefficient (Wildman–Crippen LogP) is 2.98. The number of benzene rings is 1. The summed E-state index contributed by atoms with van der Waals surface area (Å²) in [5, 5.41) is 0. The van der Waals surface area contributed by atoms with Gasteiger partial charge in [-0.05, 0) is 31.5 Å². The first kappa shape index (κ1) is 12.5. The molecule has 0 bridgehead atoms. The number of rotatable bonds is 3. The lowest BCUT2D eigenvalue weighted by atomic mass is 10.1. The van der Waals surface area contributed by atoms with Crippen LogP contribution < -0.4 is 0 Å². The molecule has 1 amide bonds. The van der Waals surface area contributed by atoms with Crippen molar-refractivity contribution in [2.24, 2.45) is 0 Å². The first-order chi connectivity index (χ1) is 7.56. The van der Waals surface area contributed by atoms with Gasteiger partial charge < -0.3 is 9.64 Å². The normalized spacial score (nSPS) is 12.0. The number of nitrogens with zero attached hydrogens (tertiary/aromatic N) is 1. The van der Waals surface area contributed by atoms with Gasteiger partial charge in [0.25, 0.3) is 0 Å². The van der Waals surface area contributed by atoms with Gasteiger partial charge in [-0.1, -0.05) is 12.1 Å². The van der Waals surface area contributed by atoms with E-state index in [0.29, 0.717) is 6.61 Å². The number of hydrogen-bond acceptors (Lipinski definition) is 2. The smallest absolute Gasteiger partial charge is 0.409 e. The van der Waals surface area contributed by atoms with E-state index in [1.807, 2.05) is 6.92 Å². The minimum Gasteiger partial charge on any atom is -0.450 e. The van der Waals surface area contributed by atoms with Crippen molar-refractivity contribution in [1.82, 2.24) is 4.90 Å². The molecule has 0 aliphatic carbocycles. The highest BCUT2D eigenvalue weighted by Crippen LogP contribution is 2.19. The van der Waals surface area contributed by atoms with Crippen molar-refractivity contribution >= 4 is 6.09 Å². The highest BCUT2D eigenvalue weighted by molar-refractivity contribution is 5.67. The second-order valence-electron chi connectivity index (χ2n) is 3.54. The summed E-state index contributed by atoms with van der Waals surface area (Å²) < 4.78 is 17.6. The van der Waals surface area contributed by atoms with Gasteiger partial charge in [0.2, 0.25) is 0 Å². The zero-order chi connectivity index (χ0) is 12.1. The molecule has 16 heavy (non-hydrogen) atoms. The largest absolute Gasteiger partial charge is 0.450 e. The zero-order valence-electron chi connectivity index (χ0n) is 9.74. The van der Waals surface area contributed by atoms with E-state index < -0.39 is 0 Å². The van der Waals surface area contributed by atoms with Crippen LogP contribution in [-0.4, -0.2) is 24.6 Å². The molecule has 3 nitrogen and oxygen atoms in total. The highest BCUT2D eigenvalue weighted by Gasteiger charge is 2.17. The molecule has 4 heteroatoms. The van der Waals surface area contributed by atoms with Crippen LogP contribution in [0, 0.1) is 5.82 Å². The van der Waals surface area contributed by atoms with Gasteiger partial charge in [-0.15, -0.1) is 0 Å². The zero-order valence-corrected chi connectivity index (χ0v) is 9.74. The van der Waals surface area contributed by atoms with E-state index in [-0.39, 0.29) is 18.0 Å². The average molecular weight is 225 g/mol. The number of carbonyl (C=O) groups excluding carboxylic acids is 1. The van der Waals surface area contributed by atoms with Crippen molar-refractivity contribution in [2.75, 3.05) is 13.7 Å². The fourth-order valence-electron chi connectivity index (χ4n) is 1.35. The average Bonchev–Trinajstić information content (AvgIpc) is 2.28. The molecular weight excluding hydrogens is 209 g/mol. The second kappa shape index (κ2) is 5.49. The first-order valence-corrected chi connectivity index (χ1v) is 5.21. The molecule has 0 spiro atoms. The van der Waals surface area contributed by atoms with Gasteiger partial charge in [0.15, 0.2) is 0 Å². The van der Waals surface area contributed by atoms with Crippen molar-refractivity contribution in [3.8, 4) is 0 Å². The number of hydrogen-bond donors (Lipinski definition) is 0. The van der Waals surface area contributed by atoms with Crippen molar-refractivity contribution in [3.05, 3.63) is 35.6 Å². The van der Waals surface area contributed by atoms with Crippen molar-refractivity contribution < 1.29 is 13.9 Å². The van der Waals surface area contributed by atoms with Crippen LogP contribution in [0.1, 0.15) is 25.5 Å². The Morgan fingerprint density at radius 1 is 1.44 bits per heavy atom. The highest BCUT2D eigenvalue weighted by atomic mass is 19.1. The van der Waals surface area contributed by atoms with Gasteiger partial charge in [-0.2, -0.15) is 0 Å². The predicted molar refractivity (Wildman–Crippen MR) is 59.6 cm³/mol. The molecule has 1 rings (SSSR count). The molecule has 1 atom stereocenters. The molecule has 0 N–H and O–H groups in total. The van der Waals surface area contributed by atoms with E-state index in [2.05, 4.69) is 0 Å². The Morgan fingerprint density at radius 2 is 2.00 bits per heavy atom. The Balaban J connectivity index is 2.73. The Hall–Kier alpha value is -1.58. The molecular formula is C12H16FNO2. The summed E-state index contributed by atoms with van der Waals surface area (Å²) in [5.41, 5.74) is 0.872. The van der Waals surface area contributed by atoms with Crippen LogP contribution in [0.15, 0.2) is 24.3 Å². The summed E-state index contributed by atoms with van der Waals surface area (Å²) in [4.78, 5) is 12.9. The molecule has 0 aromatic heterocycles. The third-order valence-electron chi connectivity index (χ3n) is 2.49. The summed E-state index contributed by atoms with van der Waals surface area (Å²) in [5.74, 6) is -0.283. The standard InChI is InChI=1S/C12H16FNO2/c1-4-16-12(15)14(3)9(2)10-5-7-11(13)8-6-10/h5-9H,4H2,1-3H3. The van der Waals surface area contributed by atoms with Gasteiger partial charge in [-0.3, -0.25) is 0 Å². The van der Waals surface area contributed by atoms with Crippen LogP contribution in [0.2, 0.25) is 0 Å². The van der Waals surface area contributed by atoms with E-state index in [1.165, 1.54) is 17.0 Å².